The van der Waals surface area contributed by atoms with Crippen LogP contribution in [0.15, 0.2) is 24.5 Å². The fourth-order valence-electron chi connectivity index (χ4n) is 4.66. The van der Waals surface area contributed by atoms with Gasteiger partial charge in [0.25, 0.3) is 0 Å². The van der Waals surface area contributed by atoms with Gasteiger partial charge in [0.2, 0.25) is 0 Å². The van der Waals surface area contributed by atoms with Crippen molar-refractivity contribution in [3.8, 4) is 0 Å². The van der Waals surface area contributed by atoms with Crippen molar-refractivity contribution in [2.24, 2.45) is 5.92 Å². The van der Waals surface area contributed by atoms with Crippen LogP contribution in [0.25, 0.3) is 0 Å². The molecule has 0 N–H and O–H groups in total. The first-order chi connectivity index (χ1) is 11.9. The van der Waals surface area contributed by atoms with E-state index in [1.807, 2.05) is 24.5 Å². The molecule has 4 rings (SSSR count). The van der Waals surface area contributed by atoms with E-state index in [-0.39, 0.29) is 5.60 Å². The molecular formula is C20H30N2O2. The van der Waals surface area contributed by atoms with Crippen LogP contribution in [0.2, 0.25) is 0 Å². The van der Waals surface area contributed by atoms with Crippen LogP contribution in [-0.2, 0) is 16.1 Å². The Morgan fingerprint density at radius 1 is 1.17 bits per heavy atom. The maximum atomic E-state index is 6.30. The minimum atomic E-state index is 0.153. The zero-order chi connectivity index (χ0) is 16.2. The highest BCUT2D eigenvalue weighted by molar-refractivity contribution is 5.07. The molecule has 1 saturated carbocycles. The van der Waals surface area contributed by atoms with Gasteiger partial charge >= 0.3 is 0 Å². The quantitative estimate of drug-likeness (QED) is 0.749. The smallest absolute Gasteiger partial charge is 0.0736 e. The molecule has 1 aromatic rings. The number of hydrogen-bond donors (Lipinski definition) is 0. The van der Waals surface area contributed by atoms with Crippen LogP contribution in [0.1, 0.15) is 50.5 Å². The second-order valence-electron chi connectivity index (χ2n) is 7.72. The van der Waals surface area contributed by atoms with E-state index >= 15 is 0 Å². The van der Waals surface area contributed by atoms with Crippen molar-refractivity contribution in [3.63, 3.8) is 0 Å². The number of likely N-dealkylation sites (tertiary alicyclic amines) is 1. The van der Waals surface area contributed by atoms with Crippen molar-refractivity contribution < 1.29 is 9.47 Å². The summed E-state index contributed by atoms with van der Waals surface area (Å²) in [5.74, 6) is 0.679. The summed E-state index contributed by atoms with van der Waals surface area (Å²) in [6.07, 6.45) is 12.7. The average Bonchev–Trinajstić information content (AvgIpc) is 2.96. The molecule has 0 radical (unpaired) electrons. The van der Waals surface area contributed by atoms with Gasteiger partial charge in [0, 0.05) is 44.7 Å². The van der Waals surface area contributed by atoms with Crippen LogP contribution in [0.3, 0.4) is 0 Å². The Morgan fingerprint density at radius 3 is 2.67 bits per heavy atom. The Kier molecular flexibility index (Phi) is 5.16. The van der Waals surface area contributed by atoms with E-state index in [2.05, 4.69) is 9.88 Å². The summed E-state index contributed by atoms with van der Waals surface area (Å²) in [6, 6.07) is 4.93. The third kappa shape index (κ3) is 3.51. The van der Waals surface area contributed by atoms with Crippen molar-refractivity contribution in [2.75, 3.05) is 26.3 Å². The number of aromatic nitrogens is 1. The van der Waals surface area contributed by atoms with Crippen LogP contribution in [0.5, 0.6) is 0 Å². The van der Waals surface area contributed by atoms with Crippen molar-refractivity contribution in [2.45, 2.75) is 63.2 Å². The molecule has 3 aliphatic rings. The Labute approximate surface area is 145 Å². The SMILES string of the molecule is c1cc(COCC[C@H]2CCOC23CCN(C2CCC2)CC3)ccn1. The molecule has 0 amide bonds. The van der Waals surface area contributed by atoms with Gasteiger partial charge in [-0.05, 0) is 62.1 Å². The number of pyridine rings is 1. The number of piperidine rings is 1. The molecule has 2 aliphatic heterocycles. The lowest BCUT2D eigenvalue weighted by Crippen LogP contribution is -2.52. The van der Waals surface area contributed by atoms with E-state index in [1.54, 1.807) is 0 Å². The van der Waals surface area contributed by atoms with E-state index in [0.717, 1.165) is 25.7 Å². The highest BCUT2D eigenvalue weighted by atomic mass is 16.5. The monoisotopic (exact) mass is 330 g/mol. The molecule has 3 fully saturated rings. The highest BCUT2D eigenvalue weighted by Crippen LogP contribution is 2.43. The highest BCUT2D eigenvalue weighted by Gasteiger charge is 2.46. The van der Waals surface area contributed by atoms with E-state index in [1.165, 1.54) is 57.2 Å². The summed E-state index contributed by atoms with van der Waals surface area (Å²) in [4.78, 5) is 6.76. The normalized spacial score (nSPS) is 27.4. The summed E-state index contributed by atoms with van der Waals surface area (Å²) in [6.45, 7) is 4.94. The third-order valence-electron chi connectivity index (χ3n) is 6.46. The first kappa shape index (κ1) is 16.5. The van der Waals surface area contributed by atoms with Crippen LogP contribution < -0.4 is 0 Å². The molecule has 0 unspecified atom stereocenters. The van der Waals surface area contributed by atoms with Crippen molar-refractivity contribution >= 4 is 0 Å². The largest absolute Gasteiger partial charge is 0.377 e. The van der Waals surface area contributed by atoms with Crippen LogP contribution in [-0.4, -0.2) is 47.8 Å². The lowest BCUT2D eigenvalue weighted by Gasteiger charge is -2.47. The van der Waals surface area contributed by atoms with Crippen molar-refractivity contribution in [3.05, 3.63) is 30.1 Å². The summed E-state index contributed by atoms with van der Waals surface area (Å²) in [5.41, 5.74) is 1.36. The Hall–Kier alpha value is -0.970. The molecule has 4 heteroatoms. The number of ether oxygens (including phenoxy) is 2. The predicted octanol–water partition coefficient (Wildman–Crippen LogP) is 3.41. The second kappa shape index (κ2) is 7.51. The first-order valence-corrected chi connectivity index (χ1v) is 9.70. The van der Waals surface area contributed by atoms with Gasteiger partial charge in [-0.2, -0.15) is 0 Å². The number of nitrogens with zero attached hydrogens (tertiary/aromatic N) is 2. The predicted molar refractivity (Wildman–Crippen MR) is 93.7 cm³/mol. The lowest BCUT2D eigenvalue weighted by atomic mass is 9.77. The van der Waals surface area contributed by atoms with Gasteiger partial charge in [0.05, 0.1) is 12.2 Å². The molecular weight excluding hydrogens is 300 g/mol. The molecule has 3 heterocycles. The zero-order valence-electron chi connectivity index (χ0n) is 14.7. The van der Waals surface area contributed by atoms with Gasteiger partial charge in [-0.3, -0.25) is 4.98 Å². The van der Waals surface area contributed by atoms with E-state index < -0.39 is 0 Å². The summed E-state index contributed by atoms with van der Waals surface area (Å²) >= 11 is 0. The maximum absolute atomic E-state index is 6.30. The van der Waals surface area contributed by atoms with Crippen LogP contribution in [0, 0.1) is 5.92 Å². The number of hydrogen-bond acceptors (Lipinski definition) is 4. The molecule has 1 aromatic heterocycles. The fraction of sp³-hybridized carbons (Fsp3) is 0.750. The molecule has 0 bridgehead atoms. The van der Waals surface area contributed by atoms with Crippen LogP contribution in [0.4, 0.5) is 0 Å². The van der Waals surface area contributed by atoms with E-state index in [4.69, 9.17) is 9.47 Å². The third-order valence-corrected chi connectivity index (χ3v) is 6.46. The topological polar surface area (TPSA) is 34.6 Å². The van der Waals surface area contributed by atoms with E-state index in [9.17, 15) is 0 Å². The molecule has 1 spiro atoms. The lowest BCUT2D eigenvalue weighted by molar-refractivity contribution is -0.0828. The molecule has 2 saturated heterocycles. The molecule has 132 valence electrons. The van der Waals surface area contributed by atoms with Gasteiger partial charge in [0.15, 0.2) is 0 Å². The zero-order valence-corrected chi connectivity index (χ0v) is 14.7. The number of rotatable bonds is 6. The minimum Gasteiger partial charge on any atom is -0.377 e. The minimum absolute atomic E-state index is 0.153. The Bertz CT molecular complexity index is 510. The van der Waals surface area contributed by atoms with Crippen molar-refractivity contribution in [1.82, 2.24) is 9.88 Å². The fourth-order valence-corrected chi connectivity index (χ4v) is 4.66. The molecule has 4 nitrogen and oxygen atoms in total. The Morgan fingerprint density at radius 2 is 1.96 bits per heavy atom. The summed E-state index contributed by atoms with van der Waals surface area (Å²) in [5, 5.41) is 0. The molecule has 0 aromatic carbocycles. The Balaban J connectivity index is 1.23. The van der Waals surface area contributed by atoms with Gasteiger partial charge in [-0.1, -0.05) is 6.42 Å². The van der Waals surface area contributed by atoms with Gasteiger partial charge in [-0.25, -0.2) is 0 Å². The summed E-state index contributed by atoms with van der Waals surface area (Å²) in [7, 11) is 0. The second-order valence-corrected chi connectivity index (χ2v) is 7.72. The van der Waals surface area contributed by atoms with Gasteiger partial charge < -0.3 is 14.4 Å². The molecule has 1 aliphatic carbocycles. The van der Waals surface area contributed by atoms with Gasteiger partial charge in [-0.15, -0.1) is 0 Å². The standard InChI is InChI=1S/C20H30N2O2/c1-2-19(3-1)22-12-8-20(9-13-22)18(7-15-24-20)6-14-23-16-17-4-10-21-11-5-17/h4-5,10-11,18-19H,1-3,6-9,12-16H2/t18-/m0/s1. The molecule has 1 atom stereocenters. The summed E-state index contributed by atoms with van der Waals surface area (Å²) < 4.78 is 12.2. The maximum Gasteiger partial charge on any atom is 0.0736 e. The van der Waals surface area contributed by atoms with Gasteiger partial charge in [0.1, 0.15) is 0 Å². The average molecular weight is 330 g/mol. The van der Waals surface area contributed by atoms with Crippen LogP contribution >= 0.6 is 0 Å². The van der Waals surface area contributed by atoms with Crippen molar-refractivity contribution in [1.29, 1.82) is 0 Å². The molecule has 24 heavy (non-hydrogen) atoms. The van der Waals surface area contributed by atoms with E-state index in [0.29, 0.717) is 12.5 Å². The first-order valence-electron chi connectivity index (χ1n) is 9.70.